The van der Waals surface area contributed by atoms with Gasteiger partial charge >= 0.3 is 0 Å². The quantitative estimate of drug-likeness (QED) is 0.370. The summed E-state index contributed by atoms with van der Waals surface area (Å²) in [5, 5.41) is 13.0. The topological polar surface area (TPSA) is 51.8 Å². The first-order chi connectivity index (χ1) is 14.1. The van der Waals surface area contributed by atoms with Crippen LogP contribution in [0.25, 0.3) is 27.9 Å². The van der Waals surface area contributed by atoms with Gasteiger partial charge in [-0.25, -0.2) is 0 Å². The molecule has 2 heterocycles. The van der Waals surface area contributed by atoms with Crippen molar-refractivity contribution in [3.05, 3.63) is 89.3 Å². The average Bonchev–Trinajstić information content (AvgIpc) is 3.42. The van der Waals surface area contributed by atoms with Gasteiger partial charge in [-0.15, -0.1) is 0 Å². The van der Waals surface area contributed by atoms with Gasteiger partial charge in [0.25, 0.3) is 0 Å². The molecule has 0 spiro atoms. The Morgan fingerprint density at radius 2 is 1.79 bits per heavy atom. The zero-order valence-corrected chi connectivity index (χ0v) is 16.9. The molecule has 1 aliphatic rings. The molecule has 3 N–H and O–H groups in total. The highest BCUT2D eigenvalue weighted by Gasteiger charge is 2.41. The summed E-state index contributed by atoms with van der Waals surface area (Å²) in [6, 6.07) is 15.2. The normalized spacial score (nSPS) is 21.3. The second kappa shape index (κ2) is 6.78. The molecule has 2 aromatic carbocycles. The van der Waals surface area contributed by atoms with E-state index in [9.17, 15) is 5.11 Å². The third kappa shape index (κ3) is 3.02. The van der Waals surface area contributed by atoms with Gasteiger partial charge in [-0.1, -0.05) is 29.9 Å². The molecule has 4 aromatic rings. The van der Waals surface area contributed by atoms with Gasteiger partial charge < -0.3 is 15.1 Å². The van der Waals surface area contributed by atoms with Gasteiger partial charge in [-0.2, -0.15) is 0 Å². The zero-order chi connectivity index (χ0) is 20.0. The van der Waals surface area contributed by atoms with Gasteiger partial charge in [0, 0.05) is 34.8 Å². The van der Waals surface area contributed by atoms with Crippen molar-refractivity contribution < 1.29 is 5.11 Å². The van der Waals surface area contributed by atoms with E-state index in [-0.39, 0.29) is 12.0 Å². The van der Waals surface area contributed by atoms with Crippen molar-refractivity contribution in [2.24, 2.45) is 0 Å². The van der Waals surface area contributed by atoms with E-state index >= 15 is 0 Å². The monoisotopic (exact) mass is 382 g/mol. The molecular formula is C26H26N2O. The Morgan fingerprint density at radius 3 is 2.55 bits per heavy atom. The second-order valence-corrected chi connectivity index (χ2v) is 8.53. The molecule has 2 atom stereocenters. The van der Waals surface area contributed by atoms with Gasteiger partial charge in [0.05, 0.1) is 6.61 Å². The van der Waals surface area contributed by atoms with Gasteiger partial charge in [-0.05, 0) is 84.1 Å². The molecule has 5 rings (SSSR count). The van der Waals surface area contributed by atoms with Crippen LogP contribution in [0.15, 0.2) is 72.6 Å². The van der Waals surface area contributed by atoms with Crippen molar-refractivity contribution in [3.63, 3.8) is 0 Å². The Bertz CT molecular complexity index is 1250. The molecule has 3 nitrogen and oxygen atoms in total. The first-order valence-electron chi connectivity index (χ1n) is 10.2. The van der Waals surface area contributed by atoms with Crippen LogP contribution >= 0.6 is 0 Å². The molecule has 0 unspecified atom stereocenters. The van der Waals surface area contributed by atoms with E-state index in [1.165, 1.54) is 27.5 Å². The third-order valence-corrected chi connectivity index (χ3v) is 6.23. The predicted octanol–water partition coefficient (Wildman–Crippen LogP) is 6.05. The molecule has 1 aliphatic carbocycles. The van der Waals surface area contributed by atoms with Crippen molar-refractivity contribution in [1.82, 2.24) is 9.97 Å². The minimum absolute atomic E-state index is 0.0994. The first-order valence-corrected chi connectivity index (χ1v) is 10.2. The summed E-state index contributed by atoms with van der Waals surface area (Å²) in [6.45, 7) is 4.40. The number of aromatic nitrogens is 2. The summed E-state index contributed by atoms with van der Waals surface area (Å²) in [6.07, 6.45) is 11.6. The lowest BCUT2D eigenvalue weighted by atomic mass is 9.81. The molecule has 3 heteroatoms. The van der Waals surface area contributed by atoms with Crippen LogP contribution < -0.4 is 0 Å². The summed E-state index contributed by atoms with van der Waals surface area (Å²) < 4.78 is 0. The maximum atomic E-state index is 10.6. The largest absolute Gasteiger partial charge is 0.395 e. The molecule has 0 bridgehead atoms. The van der Waals surface area contributed by atoms with E-state index < -0.39 is 0 Å². The third-order valence-electron chi connectivity index (χ3n) is 6.23. The Balaban J connectivity index is 1.62. The molecule has 146 valence electrons. The van der Waals surface area contributed by atoms with Crippen LogP contribution in [0.1, 0.15) is 42.9 Å². The molecule has 0 saturated carbocycles. The van der Waals surface area contributed by atoms with Crippen molar-refractivity contribution in [3.8, 4) is 0 Å². The van der Waals surface area contributed by atoms with E-state index in [4.69, 9.17) is 0 Å². The molecule has 0 amide bonds. The predicted molar refractivity (Wildman–Crippen MR) is 121 cm³/mol. The number of hydrogen-bond donors (Lipinski definition) is 3. The van der Waals surface area contributed by atoms with Crippen molar-refractivity contribution in [2.45, 2.75) is 31.6 Å². The van der Waals surface area contributed by atoms with Crippen molar-refractivity contribution in [1.29, 1.82) is 0 Å². The lowest BCUT2D eigenvalue weighted by molar-refractivity contribution is 0.223. The van der Waals surface area contributed by atoms with Gasteiger partial charge in [0.15, 0.2) is 0 Å². The summed E-state index contributed by atoms with van der Waals surface area (Å²) in [5.41, 5.74) is 6.92. The molecule has 29 heavy (non-hydrogen) atoms. The Hall–Kier alpha value is -3.04. The second-order valence-electron chi connectivity index (χ2n) is 8.53. The van der Waals surface area contributed by atoms with Crippen LogP contribution in [-0.2, 0) is 5.41 Å². The fraction of sp³-hybridized carbons (Fsp3) is 0.231. The van der Waals surface area contributed by atoms with E-state index in [2.05, 4.69) is 84.5 Å². The molecular weight excluding hydrogens is 356 g/mol. The smallest absolute Gasteiger partial charge is 0.0563 e. The van der Waals surface area contributed by atoms with Crippen LogP contribution in [0.4, 0.5) is 0 Å². The average molecular weight is 383 g/mol. The number of benzene rings is 2. The molecule has 2 aromatic heterocycles. The number of H-pyrrole nitrogens is 2. The number of aromatic amines is 2. The summed E-state index contributed by atoms with van der Waals surface area (Å²) in [7, 11) is 0. The highest BCUT2D eigenvalue weighted by Crippen LogP contribution is 2.49. The SMILES string of the molecule is CC(C)=C[C@H]1C[C@@](/C=C/c2ccc3[nH]ccc3c2)(CO)c2cc3[nH]ccc3cc21. The molecule has 0 fully saturated rings. The Morgan fingerprint density at radius 1 is 1.03 bits per heavy atom. The van der Waals surface area contributed by atoms with E-state index in [1.54, 1.807) is 0 Å². The van der Waals surface area contributed by atoms with Crippen LogP contribution in [0.5, 0.6) is 0 Å². The Labute approximate surface area is 170 Å². The lowest BCUT2D eigenvalue weighted by Gasteiger charge is -2.25. The van der Waals surface area contributed by atoms with Crippen LogP contribution in [0.2, 0.25) is 0 Å². The number of nitrogens with one attached hydrogen (secondary N) is 2. The molecule has 0 aliphatic heterocycles. The lowest BCUT2D eigenvalue weighted by Crippen LogP contribution is -2.25. The number of aliphatic hydroxyl groups excluding tert-OH is 1. The molecule has 0 saturated heterocycles. The minimum Gasteiger partial charge on any atom is -0.395 e. The number of hydrogen-bond acceptors (Lipinski definition) is 1. The van der Waals surface area contributed by atoms with Crippen molar-refractivity contribution in [2.75, 3.05) is 6.61 Å². The zero-order valence-electron chi connectivity index (χ0n) is 16.9. The summed E-state index contributed by atoms with van der Waals surface area (Å²) in [5.74, 6) is 0.318. The maximum Gasteiger partial charge on any atom is 0.0563 e. The van der Waals surface area contributed by atoms with Gasteiger partial charge in [0.1, 0.15) is 0 Å². The van der Waals surface area contributed by atoms with Crippen LogP contribution in [-0.4, -0.2) is 21.7 Å². The highest BCUT2D eigenvalue weighted by molar-refractivity contribution is 5.84. The van der Waals surface area contributed by atoms with Crippen LogP contribution in [0.3, 0.4) is 0 Å². The maximum absolute atomic E-state index is 10.6. The fourth-order valence-electron chi connectivity index (χ4n) is 4.81. The Kier molecular flexibility index (Phi) is 4.21. The van der Waals surface area contributed by atoms with Crippen molar-refractivity contribution >= 4 is 27.9 Å². The number of allylic oxidation sites excluding steroid dienone is 2. The van der Waals surface area contributed by atoms with Gasteiger partial charge in [-0.3, -0.25) is 0 Å². The molecule has 0 radical (unpaired) electrons. The number of aliphatic hydroxyl groups is 1. The first kappa shape index (κ1) is 18.0. The standard InChI is InChI=1S/C26H26N2O/c1-17(2)11-21-15-26(16-29,23-14-25-20(7-10-28-25)13-22(21)23)8-5-18-3-4-24-19(12-18)6-9-27-24/h3-14,21,27-29H,15-16H2,1-2H3/b8-5+/t21-,26-/m0/s1. The minimum atomic E-state index is -0.377. The summed E-state index contributed by atoms with van der Waals surface area (Å²) >= 11 is 0. The fourth-order valence-corrected chi connectivity index (χ4v) is 4.81. The summed E-state index contributed by atoms with van der Waals surface area (Å²) in [4.78, 5) is 6.57. The van der Waals surface area contributed by atoms with Gasteiger partial charge in [0.2, 0.25) is 0 Å². The number of fused-ring (bicyclic) bond motifs is 3. The highest BCUT2D eigenvalue weighted by atomic mass is 16.3. The number of rotatable bonds is 4. The van der Waals surface area contributed by atoms with E-state index in [0.29, 0.717) is 5.92 Å². The van der Waals surface area contributed by atoms with E-state index in [1.807, 2.05) is 12.4 Å². The van der Waals surface area contributed by atoms with Crippen LogP contribution in [0, 0.1) is 0 Å². The van der Waals surface area contributed by atoms with E-state index in [0.717, 1.165) is 23.0 Å².